The molecule has 0 amide bonds. The van der Waals surface area contributed by atoms with Crippen LogP contribution >= 0.6 is 11.3 Å². The fourth-order valence-corrected chi connectivity index (χ4v) is 3.80. The van der Waals surface area contributed by atoms with E-state index in [0.717, 1.165) is 27.6 Å². The second-order valence-electron chi connectivity index (χ2n) is 6.15. The molecule has 0 bridgehead atoms. The van der Waals surface area contributed by atoms with Crippen LogP contribution in [0.5, 0.6) is 0 Å². The number of thiazole rings is 1. The van der Waals surface area contributed by atoms with Crippen LogP contribution in [0.1, 0.15) is 5.56 Å². The lowest BCUT2D eigenvalue weighted by molar-refractivity contribution is -0.384. The SMILES string of the molecule is Cc1ccccc1N(c1cccc([N+](=O)[O-])c1)c1nc(-c2ccncc2)cs1. The van der Waals surface area contributed by atoms with E-state index in [0.29, 0.717) is 5.69 Å². The van der Waals surface area contributed by atoms with Gasteiger partial charge in [0.2, 0.25) is 0 Å². The van der Waals surface area contributed by atoms with Crippen molar-refractivity contribution in [1.82, 2.24) is 9.97 Å². The van der Waals surface area contributed by atoms with Crippen molar-refractivity contribution in [3.8, 4) is 11.3 Å². The van der Waals surface area contributed by atoms with Gasteiger partial charge in [0.25, 0.3) is 5.69 Å². The fraction of sp³-hybridized carbons (Fsp3) is 0.0476. The van der Waals surface area contributed by atoms with Gasteiger partial charge in [-0.1, -0.05) is 24.3 Å². The normalized spacial score (nSPS) is 10.6. The van der Waals surface area contributed by atoms with Gasteiger partial charge in [-0.3, -0.25) is 20.0 Å². The first-order valence-electron chi connectivity index (χ1n) is 8.59. The summed E-state index contributed by atoms with van der Waals surface area (Å²) < 4.78 is 0. The molecule has 4 aromatic rings. The first-order valence-corrected chi connectivity index (χ1v) is 9.47. The third-order valence-corrected chi connectivity index (χ3v) is 5.14. The van der Waals surface area contributed by atoms with Crippen molar-refractivity contribution in [3.05, 3.63) is 94.1 Å². The highest BCUT2D eigenvalue weighted by molar-refractivity contribution is 7.14. The second kappa shape index (κ2) is 7.58. The number of aryl methyl sites for hydroxylation is 1. The Hall–Kier alpha value is -3.58. The highest BCUT2D eigenvalue weighted by Crippen LogP contribution is 2.40. The van der Waals surface area contributed by atoms with Crippen LogP contribution in [0.25, 0.3) is 11.3 Å². The van der Waals surface area contributed by atoms with Gasteiger partial charge in [-0.05, 0) is 36.8 Å². The minimum absolute atomic E-state index is 0.0435. The van der Waals surface area contributed by atoms with E-state index in [9.17, 15) is 10.1 Å². The lowest BCUT2D eigenvalue weighted by atomic mass is 10.1. The van der Waals surface area contributed by atoms with Gasteiger partial charge in [0, 0.05) is 35.5 Å². The molecule has 0 radical (unpaired) electrons. The van der Waals surface area contributed by atoms with E-state index in [1.165, 1.54) is 17.4 Å². The Balaban J connectivity index is 1.85. The number of rotatable bonds is 5. The smallest absolute Gasteiger partial charge is 0.271 e. The molecule has 2 heterocycles. The Labute approximate surface area is 165 Å². The number of nitrogens with zero attached hydrogens (tertiary/aromatic N) is 4. The van der Waals surface area contributed by atoms with Crippen molar-refractivity contribution in [2.45, 2.75) is 6.92 Å². The lowest BCUT2D eigenvalue weighted by Gasteiger charge is -2.23. The fourth-order valence-electron chi connectivity index (χ4n) is 2.93. The van der Waals surface area contributed by atoms with Crippen molar-refractivity contribution in [1.29, 1.82) is 0 Å². The van der Waals surface area contributed by atoms with Gasteiger partial charge in [0.1, 0.15) is 0 Å². The van der Waals surface area contributed by atoms with E-state index in [2.05, 4.69) is 4.98 Å². The van der Waals surface area contributed by atoms with Crippen LogP contribution in [0.4, 0.5) is 22.2 Å². The van der Waals surface area contributed by atoms with Crippen molar-refractivity contribution in [3.63, 3.8) is 0 Å². The molecule has 0 aliphatic rings. The number of para-hydroxylation sites is 1. The molecule has 0 N–H and O–H groups in total. The molecule has 0 aliphatic carbocycles. The van der Waals surface area contributed by atoms with Crippen LogP contribution in [-0.4, -0.2) is 14.9 Å². The summed E-state index contributed by atoms with van der Waals surface area (Å²) >= 11 is 1.49. The monoisotopic (exact) mass is 388 g/mol. The Kier molecular flexibility index (Phi) is 4.82. The van der Waals surface area contributed by atoms with E-state index in [1.807, 2.05) is 59.7 Å². The maximum absolute atomic E-state index is 11.3. The number of nitro groups is 1. The molecule has 0 atom stereocenters. The number of non-ortho nitro benzene ring substituents is 1. The molecular formula is C21H16N4O2S. The Morgan fingerprint density at radius 2 is 1.82 bits per heavy atom. The standard InChI is InChI=1S/C21H16N4O2S/c1-15-5-2-3-8-20(15)24(17-6-4-7-18(13-17)25(26)27)21-23-19(14-28-21)16-9-11-22-12-10-16/h2-14H,1H3. The molecular weight excluding hydrogens is 372 g/mol. The molecule has 0 spiro atoms. The van der Waals surface area contributed by atoms with Crippen LogP contribution in [0.3, 0.4) is 0 Å². The molecule has 28 heavy (non-hydrogen) atoms. The summed E-state index contributed by atoms with van der Waals surface area (Å²) in [6, 6.07) is 18.3. The van der Waals surface area contributed by atoms with Crippen molar-refractivity contribution in [2.24, 2.45) is 0 Å². The second-order valence-corrected chi connectivity index (χ2v) is 6.99. The summed E-state index contributed by atoms with van der Waals surface area (Å²) in [7, 11) is 0. The average molecular weight is 388 g/mol. The first kappa shape index (κ1) is 17.8. The minimum atomic E-state index is -0.385. The van der Waals surface area contributed by atoms with Gasteiger partial charge in [-0.15, -0.1) is 11.3 Å². The van der Waals surface area contributed by atoms with Gasteiger partial charge in [0.05, 0.1) is 22.0 Å². The Bertz CT molecular complexity index is 1130. The van der Waals surface area contributed by atoms with Crippen molar-refractivity contribution < 1.29 is 4.92 Å². The number of anilines is 3. The number of nitro benzene ring substituents is 1. The molecule has 6 nitrogen and oxygen atoms in total. The van der Waals surface area contributed by atoms with E-state index in [4.69, 9.17) is 4.98 Å². The highest BCUT2D eigenvalue weighted by Gasteiger charge is 2.20. The largest absolute Gasteiger partial charge is 0.286 e. The number of benzene rings is 2. The molecule has 138 valence electrons. The van der Waals surface area contributed by atoms with E-state index in [-0.39, 0.29) is 10.6 Å². The Morgan fingerprint density at radius 1 is 1.04 bits per heavy atom. The number of hydrogen-bond acceptors (Lipinski definition) is 6. The number of hydrogen-bond donors (Lipinski definition) is 0. The van der Waals surface area contributed by atoms with Gasteiger partial charge in [0.15, 0.2) is 5.13 Å². The van der Waals surface area contributed by atoms with E-state index in [1.54, 1.807) is 24.5 Å². The molecule has 7 heteroatoms. The average Bonchev–Trinajstić information content (AvgIpc) is 3.20. The number of pyridine rings is 1. The molecule has 0 unspecified atom stereocenters. The van der Waals surface area contributed by atoms with Gasteiger partial charge in [-0.2, -0.15) is 0 Å². The van der Waals surface area contributed by atoms with E-state index < -0.39 is 0 Å². The van der Waals surface area contributed by atoms with Crippen LogP contribution in [0.15, 0.2) is 78.4 Å². The zero-order valence-corrected chi connectivity index (χ0v) is 15.8. The molecule has 2 aromatic carbocycles. The third kappa shape index (κ3) is 3.47. The molecule has 0 aliphatic heterocycles. The van der Waals surface area contributed by atoms with Crippen LogP contribution in [0.2, 0.25) is 0 Å². The molecule has 4 rings (SSSR count). The van der Waals surface area contributed by atoms with E-state index >= 15 is 0 Å². The summed E-state index contributed by atoms with van der Waals surface area (Å²) in [5, 5.41) is 14.0. The van der Waals surface area contributed by atoms with Gasteiger partial charge < -0.3 is 0 Å². The summed E-state index contributed by atoms with van der Waals surface area (Å²) in [4.78, 5) is 21.7. The zero-order chi connectivity index (χ0) is 19.5. The van der Waals surface area contributed by atoms with Crippen LogP contribution in [-0.2, 0) is 0 Å². The lowest BCUT2D eigenvalue weighted by Crippen LogP contribution is -2.11. The predicted octanol–water partition coefficient (Wildman–Crippen LogP) is 5.89. The summed E-state index contributed by atoms with van der Waals surface area (Å²) in [6.07, 6.45) is 3.46. The minimum Gasteiger partial charge on any atom is -0.286 e. The van der Waals surface area contributed by atoms with Gasteiger partial charge in [-0.25, -0.2) is 4.98 Å². The summed E-state index contributed by atoms with van der Waals surface area (Å²) in [5.74, 6) is 0. The quantitative estimate of drug-likeness (QED) is 0.315. The first-order chi connectivity index (χ1) is 13.6. The molecule has 0 saturated heterocycles. The molecule has 2 aromatic heterocycles. The van der Waals surface area contributed by atoms with Crippen molar-refractivity contribution in [2.75, 3.05) is 4.90 Å². The summed E-state index contributed by atoms with van der Waals surface area (Å²) in [6.45, 7) is 2.01. The van der Waals surface area contributed by atoms with Crippen LogP contribution < -0.4 is 4.90 Å². The topological polar surface area (TPSA) is 72.2 Å². The third-order valence-electron chi connectivity index (χ3n) is 4.31. The Morgan fingerprint density at radius 3 is 2.57 bits per heavy atom. The molecule has 0 saturated carbocycles. The predicted molar refractivity (Wildman–Crippen MR) is 111 cm³/mol. The maximum atomic E-state index is 11.3. The maximum Gasteiger partial charge on any atom is 0.271 e. The molecule has 0 fully saturated rings. The van der Waals surface area contributed by atoms with Crippen molar-refractivity contribution >= 4 is 33.5 Å². The number of aromatic nitrogens is 2. The summed E-state index contributed by atoms with van der Waals surface area (Å²) in [5.41, 5.74) is 4.53. The van der Waals surface area contributed by atoms with Crippen LogP contribution in [0, 0.1) is 17.0 Å². The highest BCUT2D eigenvalue weighted by atomic mass is 32.1. The van der Waals surface area contributed by atoms with Gasteiger partial charge >= 0.3 is 0 Å². The zero-order valence-electron chi connectivity index (χ0n) is 15.0.